The Labute approximate surface area is 80.8 Å². The van der Waals surface area contributed by atoms with E-state index in [4.69, 9.17) is 0 Å². The van der Waals surface area contributed by atoms with Crippen LogP contribution >= 0.6 is 0 Å². The van der Waals surface area contributed by atoms with Gasteiger partial charge in [0.25, 0.3) is 0 Å². The first kappa shape index (κ1) is 9.26. The highest BCUT2D eigenvalue weighted by Gasteiger charge is 2.53. The monoisotopic (exact) mass is 180 g/mol. The van der Waals surface area contributed by atoms with Crippen LogP contribution in [-0.2, 0) is 0 Å². The Morgan fingerprint density at radius 2 is 2.08 bits per heavy atom. The van der Waals surface area contributed by atoms with E-state index in [9.17, 15) is 5.11 Å². The lowest BCUT2D eigenvalue weighted by Crippen LogP contribution is -2.37. The summed E-state index contributed by atoms with van der Waals surface area (Å²) in [6.07, 6.45) is 9.50. The van der Waals surface area contributed by atoms with E-state index in [0.717, 1.165) is 6.42 Å². The maximum absolute atomic E-state index is 10.5. The Morgan fingerprint density at radius 3 is 2.54 bits per heavy atom. The molecular weight excluding hydrogens is 160 g/mol. The van der Waals surface area contributed by atoms with Crippen molar-refractivity contribution in [3.8, 4) is 0 Å². The van der Waals surface area contributed by atoms with E-state index in [-0.39, 0.29) is 5.41 Å². The van der Waals surface area contributed by atoms with Gasteiger partial charge in [0.1, 0.15) is 0 Å². The predicted molar refractivity (Wildman–Crippen MR) is 54.5 cm³/mol. The molecule has 1 atom stereocenters. The third kappa shape index (κ3) is 1.43. The van der Waals surface area contributed by atoms with Crippen LogP contribution in [0.2, 0.25) is 0 Å². The first-order chi connectivity index (χ1) is 6.06. The summed E-state index contributed by atoms with van der Waals surface area (Å²) in [7, 11) is 0. The smallest absolute Gasteiger partial charge is 0.0882 e. The summed E-state index contributed by atoms with van der Waals surface area (Å²) in [6.45, 7) is 4.22. The van der Waals surface area contributed by atoms with Crippen LogP contribution in [-0.4, -0.2) is 10.7 Å². The second kappa shape index (κ2) is 2.84. The van der Waals surface area contributed by atoms with Crippen molar-refractivity contribution < 1.29 is 5.11 Å². The molecule has 0 saturated heterocycles. The standard InChI is InChI=1S/C12H20O/c1-11(8-9-11)12(2,13)10-6-4-3-5-7-10/h6,13H,3-5,7-9H2,1-2H3. The maximum Gasteiger partial charge on any atom is 0.0882 e. The van der Waals surface area contributed by atoms with Crippen molar-refractivity contribution in [1.29, 1.82) is 0 Å². The molecule has 2 aliphatic carbocycles. The van der Waals surface area contributed by atoms with Crippen molar-refractivity contribution in [2.45, 2.75) is 58.0 Å². The van der Waals surface area contributed by atoms with Crippen LogP contribution in [0.15, 0.2) is 11.6 Å². The van der Waals surface area contributed by atoms with E-state index >= 15 is 0 Å². The fourth-order valence-corrected chi connectivity index (χ4v) is 2.34. The van der Waals surface area contributed by atoms with E-state index in [1.54, 1.807) is 0 Å². The van der Waals surface area contributed by atoms with Crippen LogP contribution in [0.1, 0.15) is 52.4 Å². The van der Waals surface area contributed by atoms with Crippen LogP contribution in [0.5, 0.6) is 0 Å². The third-order valence-electron chi connectivity index (χ3n) is 4.09. The van der Waals surface area contributed by atoms with Gasteiger partial charge in [0.2, 0.25) is 0 Å². The molecule has 0 aromatic carbocycles. The molecule has 74 valence electrons. The highest BCUT2D eigenvalue weighted by molar-refractivity contribution is 5.25. The number of aliphatic hydroxyl groups is 1. The summed E-state index contributed by atoms with van der Waals surface area (Å²) in [5, 5.41) is 10.5. The zero-order chi connectivity index (χ0) is 9.53. The highest BCUT2D eigenvalue weighted by Crippen LogP contribution is 2.57. The molecule has 0 aliphatic heterocycles. The van der Waals surface area contributed by atoms with E-state index < -0.39 is 5.60 Å². The van der Waals surface area contributed by atoms with Gasteiger partial charge < -0.3 is 5.11 Å². The lowest BCUT2D eigenvalue weighted by molar-refractivity contribution is 0.0240. The molecule has 0 aromatic rings. The van der Waals surface area contributed by atoms with E-state index in [2.05, 4.69) is 13.0 Å². The molecule has 2 rings (SSSR count). The fraction of sp³-hybridized carbons (Fsp3) is 0.833. The molecule has 1 nitrogen and oxygen atoms in total. The number of hydrogen-bond acceptors (Lipinski definition) is 1. The number of hydrogen-bond donors (Lipinski definition) is 1. The summed E-state index contributed by atoms with van der Waals surface area (Å²) in [5.74, 6) is 0. The Kier molecular flexibility index (Phi) is 2.03. The fourth-order valence-electron chi connectivity index (χ4n) is 2.34. The average Bonchev–Trinajstić information content (AvgIpc) is 2.87. The first-order valence-electron chi connectivity index (χ1n) is 5.48. The van der Waals surface area contributed by atoms with Gasteiger partial charge in [-0.2, -0.15) is 0 Å². The quantitative estimate of drug-likeness (QED) is 0.648. The molecule has 1 N–H and O–H groups in total. The molecule has 0 aromatic heterocycles. The lowest BCUT2D eigenvalue weighted by atomic mass is 9.77. The number of rotatable bonds is 2. The van der Waals surface area contributed by atoms with Crippen LogP contribution in [0.3, 0.4) is 0 Å². The Bertz CT molecular complexity index is 234. The van der Waals surface area contributed by atoms with Crippen LogP contribution in [0.25, 0.3) is 0 Å². The number of allylic oxidation sites excluding steroid dienone is 1. The normalized spacial score (nSPS) is 30.5. The summed E-state index contributed by atoms with van der Waals surface area (Å²) in [4.78, 5) is 0. The Balaban J connectivity index is 2.17. The average molecular weight is 180 g/mol. The molecule has 1 heteroatoms. The zero-order valence-corrected chi connectivity index (χ0v) is 8.77. The second-order valence-electron chi connectivity index (χ2n) is 5.11. The molecule has 0 bridgehead atoms. The van der Waals surface area contributed by atoms with Gasteiger partial charge in [-0.15, -0.1) is 0 Å². The van der Waals surface area contributed by atoms with Crippen molar-refractivity contribution in [3.05, 3.63) is 11.6 Å². The van der Waals surface area contributed by atoms with Gasteiger partial charge in [-0.25, -0.2) is 0 Å². The van der Waals surface area contributed by atoms with Gasteiger partial charge in [-0.1, -0.05) is 13.0 Å². The van der Waals surface area contributed by atoms with Gasteiger partial charge in [0, 0.05) is 0 Å². The minimum Gasteiger partial charge on any atom is -0.385 e. The molecular formula is C12H20O. The summed E-state index contributed by atoms with van der Waals surface area (Å²) < 4.78 is 0. The molecule has 0 spiro atoms. The topological polar surface area (TPSA) is 20.2 Å². The minimum absolute atomic E-state index is 0.191. The van der Waals surface area contributed by atoms with Crippen molar-refractivity contribution in [3.63, 3.8) is 0 Å². The van der Waals surface area contributed by atoms with Gasteiger partial charge in [-0.05, 0) is 56.4 Å². The van der Waals surface area contributed by atoms with Crippen molar-refractivity contribution in [2.24, 2.45) is 5.41 Å². The summed E-state index contributed by atoms with van der Waals surface area (Å²) in [5.41, 5.74) is 0.975. The largest absolute Gasteiger partial charge is 0.385 e. The van der Waals surface area contributed by atoms with Crippen LogP contribution < -0.4 is 0 Å². The summed E-state index contributed by atoms with van der Waals surface area (Å²) in [6, 6.07) is 0. The second-order valence-corrected chi connectivity index (χ2v) is 5.11. The van der Waals surface area contributed by atoms with Gasteiger partial charge in [0.05, 0.1) is 5.60 Å². The molecule has 1 unspecified atom stereocenters. The zero-order valence-electron chi connectivity index (χ0n) is 8.77. The SMILES string of the molecule is CC1(C(C)(O)C2=CCCCC2)CC1. The Hall–Kier alpha value is -0.300. The summed E-state index contributed by atoms with van der Waals surface area (Å²) >= 11 is 0. The van der Waals surface area contributed by atoms with Crippen molar-refractivity contribution in [1.82, 2.24) is 0 Å². The molecule has 1 fully saturated rings. The molecule has 13 heavy (non-hydrogen) atoms. The highest BCUT2D eigenvalue weighted by atomic mass is 16.3. The van der Waals surface area contributed by atoms with Crippen molar-refractivity contribution in [2.75, 3.05) is 0 Å². The van der Waals surface area contributed by atoms with Gasteiger partial charge in [-0.3, -0.25) is 0 Å². The van der Waals surface area contributed by atoms with E-state index in [1.165, 1.54) is 37.7 Å². The Morgan fingerprint density at radius 1 is 1.38 bits per heavy atom. The van der Waals surface area contributed by atoms with Crippen LogP contribution in [0, 0.1) is 5.41 Å². The molecule has 2 aliphatic rings. The third-order valence-corrected chi connectivity index (χ3v) is 4.09. The van der Waals surface area contributed by atoms with Crippen molar-refractivity contribution >= 4 is 0 Å². The predicted octanol–water partition coefficient (Wildman–Crippen LogP) is 3.04. The van der Waals surface area contributed by atoms with Gasteiger partial charge >= 0.3 is 0 Å². The molecule has 1 saturated carbocycles. The van der Waals surface area contributed by atoms with E-state index in [0.29, 0.717) is 0 Å². The maximum atomic E-state index is 10.5. The molecule has 0 heterocycles. The van der Waals surface area contributed by atoms with Gasteiger partial charge in [0.15, 0.2) is 0 Å². The minimum atomic E-state index is -0.520. The van der Waals surface area contributed by atoms with Crippen LogP contribution in [0.4, 0.5) is 0 Å². The first-order valence-corrected chi connectivity index (χ1v) is 5.48. The lowest BCUT2D eigenvalue weighted by Gasteiger charge is -2.35. The molecule has 0 radical (unpaired) electrons. The molecule has 0 amide bonds. The van der Waals surface area contributed by atoms with E-state index in [1.807, 2.05) is 6.92 Å².